The standard InChI is InChI=1S/C18H18BrN3O/c19-13-11-16-17(20-12-13)21(14-7-3-1-4-8-14)22(18(16)23)15-9-5-2-6-10-15/h2,5-6,9-12,14H,1,3-4,7-8H2. The third kappa shape index (κ3) is 2.53. The van der Waals surface area contributed by atoms with Gasteiger partial charge in [-0.1, -0.05) is 37.5 Å². The highest BCUT2D eigenvalue weighted by Crippen LogP contribution is 2.31. The van der Waals surface area contributed by atoms with Gasteiger partial charge < -0.3 is 0 Å². The van der Waals surface area contributed by atoms with Gasteiger partial charge in [-0.3, -0.25) is 9.48 Å². The summed E-state index contributed by atoms with van der Waals surface area (Å²) >= 11 is 3.43. The Bertz CT molecular complexity index is 892. The molecule has 4 nitrogen and oxygen atoms in total. The summed E-state index contributed by atoms with van der Waals surface area (Å²) in [5.41, 5.74) is 1.69. The van der Waals surface area contributed by atoms with Gasteiger partial charge in [0, 0.05) is 10.7 Å². The fraction of sp³-hybridized carbons (Fsp3) is 0.333. The van der Waals surface area contributed by atoms with Crippen LogP contribution in [0.1, 0.15) is 38.1 Å². The van der Waals surface area contributed by atoms with Crippen LogP contribution in [-0.4, -0.2) is 14.3 Å². The van der Waals surface area contributed by atoms with Crippen LogP contribution in [0, 0.1) is 0 Å². The van der Waals surface area contributed by atoms with Crippen LogP contribution in [0.3, 0.4) is 0 Å². The van der Waals surface area contributed by atoms with Crippen LogP contribution in [0.5, 0.6) is 0 Å². The smallest absolute Gasteiger partial charge is 0.267 e. The van der Waals surface area contributed by atoms with E-state index in [2.05, 4.69) is 25.6 Å². The SMILES string of the molecule is O=c1c2cc(Br)cnc2n(C2CCCCC2)n1-c1ccccc1. The molecule has 1 fully saturated rings. The van der Waals surface area contributed by atoms with Gasteiger partial charge in [0.25, 0.3) is 5.56 Å². The second kappa shape index (κ2) is 5.96. The Morgan fingerprint density at radius 3 is 2.57 bits per heavy atom. The van der Waals surface area contributed by atoms with Gasteiger partial charge in [-0.05, 0) is 47.0 Å². The van der Waals surface area contributed by atoms with Crippen molar-refractivity contribution in [2.45, 2.75) is 38.1 Å². The number of nitrogens with zero attached hydrogens (tertiary/aromatic N) is 3. The zero-order chi connectivity index (χ0) is 15.8. The fourth-order valence-electron chi connectivity index (χ4n) is 3.55. The maximum Gasteiger partial charge on any atom is 0.281 e. The Kier molecular flexibility index (Phi) is 3.81. The van der Waals surface area contributed by atoms with Crippen molar-refractivity contribution in [3.8, 4) is 5.69 Å². The number of pyridine rings is 1. The Labute approximate surface area is 142 Å². The molecule has 3 aromatic rings. The van der Waals surface area contributed by atoms with E-state index in [4.69, 9.17) is 0 Å². The average Bonchev–Trinajstić information content (AvgIpc) is 2.89. The van der Waals surface area contributed by atoms with E-state index in [0.29, 0.717) is 11.4 Å². The van der Waals surface area contributed by atoms with Crippen molar-refractivity contribution < 1.29 is 0 Å². The molecule has 0 radical (unpaired) electrons. The molecule has 0 spiro atoms. The number of benzene rings is 1. The van der Waals surface area contributed by atoms with Crippen molar-refractivity contribution in [3.63, 3.8) is 0 Å². The normalized spacial score (nSPS) is 16.0. The summed E-state index contributed by atoms with van der Waals surface area (Å²) in [6.07, 6.45) is 7.69. The lowest BCUT2D eigenvalue weighted by molar-refractivity contribution is 0.317. The van der Waals surface area contributed by atoms with Gasteiger partial charge in [-0.15, -0.1) is 0 Å². The topological polar surface area (TPSA) is 39.8 Å². The number of halogens is 1. The number of rotatable bonds is 2. The summed E-state index contributed by atoms with van der Waals surface area (Å²) in [6, 6.07) is 12.1. The van der Waals surface area contributed by atoms with Gasteiger partial charge in [0.1, 0.15) is 0 Å². The van der Waals surface area contributed by atoms with Crippen molar-refractivity contribution in [1.82, 2.24) is 14.3 Å². The number of aromatic nitrogens is 3. The molecule has 1 aliphatic rings. The summed E-state index contributed by atoms with van der Waals surface area (Å²) in [5.74, 6) is 0. The van der Waals surface area contributed by atoms with E-state index in [1.807, 2.05) is 36.4 Å². The molecule has 1 saturated carbocycles. The molecule has 0 saturated heterocycles. The number of hydrogen-bond acceptors (Lipinski definition) is 2. The molecule has 1 aromatic carbocycles. The van der Waals surface area contributed by atoms with Gasteiger partial charge >= 0.3 is 0 Å². The summed E-state index contributed by atoms with van der Waals surface area (Å²) < 4.78 is 4.77. The molecule has 23 heavy (non-hydrogen) atoms. The molecular formula is C18H18BrN3O. The van der Waals surface area contributed by atoms with Crippen molar-refractivity contribution >= 4 is 27.0 Å². The van der Waals surface area contributed by atoms with Gasteiger partial charge in [0.2, 0.25) is 0 Å². The first-order valence-electron chi connectivity index (χ1n) is 8.10. The second-order valence-corrected chi connectivity index (χ2v) is 7.03. The number of hydrogen-bond donors (Lipinski definition) is 0. The van der Waals surface area contributed by atoms with Crippen LogP contribution in [0.25, 0.3) is 16.7 Å². The molecule has 5 heteroatoms. The van der Waals surface area contributed by atoms with Gasteiger partial charge in [-0.25, -0.2) is 9.67 Å². The Morgan fingerprint density at radius 2 is 1.83 bits per heavy atom. The van der Waals surface area contributed by atoms with Gasteiger partial charge in [0.15, 0.2) is 5.65 Å². The van der Waals surface area contributed by atoms with Crippen molar-refractivity contribution in [2.75, 3.05) is 0 Å². The summed E-state index contributed by atoms with van der Waals surface area (Å²) in [7, 11) is 0. The van der Waals surface area contributed by atoms with Crippen LogP contribution in [0.15, 0.2) is 51.9 Å². The van der Waals surface area contributed by atoms with Crippen molar-refractivity contribution in [2.24, 2.45) is 0 Å². The minimum atomic E-state index is 0.00516. The maximum atomic E-state index is 13.0. The predicted octanol–water partition coefficient (Wildman–Crippen LogP) is 4.45. The minimum absolute atomic E-state index is 0.00516. The monoisotopic (exact) mass is 371 g/mol. The number of para-hydroxylation sites is 1. The highest BCUT2D eigenvalue weighted by atomic mass is 79.9. The van der Waals surface area contributed by atoms with Crippen molar-refractivity contribution in [1.29, 1.82) is 0 Å². The average molecular weight is 372 g/mol. The van der Waals surface area contributed by atoms with Crippen molar-refractivity contribution in [3.05, 3.63) is 57.4 Å². The molecule has 0 atom stereocenters. The zero-order valence-corrected chi connectivity index (χ0v) is 14.4. The van der Waals surface area contributed by atoms with Gasteiger partial charge in [-0.2, -0.15) is 0 Å². The van der Waals surface area contributed by atoms with Crippen LogP contribution in [-0.2, 0) is 0 Å². The summed E-state index contributed by atoms with van der Waals surface area (Å²) in [5, 5.41) is 0.675. The van der Waals surface area contributed by atoms with E-state index >= 15 is 0 Å². The van der Waals surface area contributed by atoms with Crippen LogP contribution < -0.4 is 5.56 Å². The molecule has 2 aromatic heterocycles. The molecular weight excluding hydrogens is 354 g/mol. The Balaban J connectivity index is 2.03. The summed E-state index contributed by atoms with van der Waals surface area (Å²) in [4.78, 5) is 17.6. The largest absolute Gasteiger partial charge is 0.281 e. The number of fused-ring (bicyclic) bond motifs is 1. The van der Waals surface area contributed by atoms with E-state index in [1.54, 1.807) is 10.9 Å². The quantitative estimate of drug-likeness (QED) is 0.667. The second-order valence-electron chi connectivity index (χ2n) is 6.11. The van der Waals surface area contributed by atoms with Crippen LogP contribution in [0.2, 0.25) is 0 Å². The van der Waals surface area contributed by atoms with Gasteiger partial charge in [0.05, 0.1) is 17.1 Å². The fourth-order valence-corrected chi connectivity index (χ4v) is 3.88. The molecule has 1 aliphatic carbocycles. The lowest BCUT2D eigenvalue weighted by Gasteiger charge is -2.26. The van der Waals surface area contributed by atoms with E-state index in [0.717, 1.165) is 28.6 Å². The van der Waals surface area contributed by atoms with E-state index in [9.17, 15) is 4.79 Å². The first-order valence-corrected chi connectivity index (χ1v) is 8.89. The lowest BCUT2D eigenvalue weighted by atomic mass is 9.96. The molecule has 0 N–H and O–H groups in total. The zero-order valence-electron chi connectivity index (χ0n) is 12.8. The van der Waals surface area contributed by atoms with Crippen LogP contribution >= 0.6 is 15.9 Å². The van der Waals surface area contributed by atoms with Crippen LogP contribution in [0.4, 0.5) is 0 Å². The van der Waals surface area contributed by atoms with E-state index in [-0.39, 0.29) is 5.56 Å². The van der Waals surface area contributed by atoms with E-state index < -0.39 is 0 Å². The first-order chi connectivity index (χ1) is 11.3. The Hall–Kier alpha value is -1.88. The highest BCUT2D eigenvalue weighted by Gasteiger charge is 2.24. The highest BCUT2D eigenvalue weighted by molar-refractivity contribution is 9.10. The molecule has 4 rings (SSSR count). The molecule has 118 valence electrons. The molecule has 2 heterocycles. The minimum Gasteiger partial charge on any atom is -0.267 e. The summed E-state index contributed by atoms with van der Waals surface area (Å²) in [6.45, 7) is 0. The first kappa shape index (κ1) is 14.7. The van der Waals surface area contributed by atoms with E-state index in [1.165, 1.54) is 19.3 Å². The molecule has 0 unspecified atom stereocenters. The molecule has 0 bridgehead atoms. The molecule has 0 aliphatic heterocycles. The Morgan fingerprint density at radius 1 is 1.09 bits per heavy atom. The third-order valence-corrected chi connectivity index (χ3v) is 5.04. The molecule has 0 amide bonds. The lowest BCUT2D eigenvalue weighted by Crippen LogP contribution is -2.25. The predicted molar refractivity (Wildman–Crippen MR) is 95.2 cm³/mol. The maximum absolute atomic E-state index is 13.0. The third-order valence-electron chi connectivity index (χ3n) is 4.61.